The maximum atomic E-state index is 12.3. The van der Waals surface area contributed by atoms with Crippen LogP contribution < -0.4 is 11.1 Å². The van der Waals surface area contributed by atoms with Crippen LogP contribution in [0.4, 0.5) is 0 Å². The Balaban J connectivity index is 2.61. The van der Waals surface area contributed by atoms with Gasteiger partial charge >= 0.3 is 0 Å². The fourth-order valence-electron chi connectivity index (χ4n) is 2.29. The van der Waals surface area contributed by atoms with Crippen LogP contribution in [-0.4, -0.2) is 9.97 Å². The van der Waals surface area contributed by atoms with E-state index in [1.54, 1.807) is 37.5 Å². The van der Waals surface area contributed by atoms with Crippen molar-refractivity contribution in [3.05, 3.63) is 57.8 Å². The lowest BCUT2D eigenvalue weighted by molar-refractivity contribution is 0.530. The standard InChI is InChI=1S/C15H10N4O2/c1-8-6-11-13(15(20)19-8)12(9-2-4-18-5-3-9)10(7-16)14(17)21-11/h2-6,17H,1H3,(H,19,20). The topological polar surface area (TPSA) is 107 Å². The van der Waals surface area contributed by atoms with Crippen molar-refractivity contribution in [2.75, 3.05) is 0 Å². The second-order valence-electron chi connectivity index (χ2n) is 4.55. The molecule has 0 amide bonds. The first kappa shape index (κ1) is 12.8. The van der Waals surface area contributed by atoms with Crippen LogP contribution in [0, 0.1) is 23.7 Å². The van der Waals surface area contributed by atoms with Crippen molar-refractivity contribution in [1.82, 2.24) is 9.97 Å². The van der Waals surface area contributed by atoms with Gasteiger partial charge in [-0.25, -0.2) is 0 Å². The molecule has 0 aromatic carbocycles. The Morgan fingerprint density at radius 1 is 1.38 bits per heavy atom. The van der Waals surface area contributed by atoms with Crippen molar-refractivity contribution in [3.63, 3.8) is 0 Å². The lowest BCUT2D eigenvalue weighted by Gasteiger charge is -2.08. The molecule has 0 aliphatic rings. The number of nitrogens with zero attached hydrogens (tertiary/aromatic N) is 2. The second-order valence-corrected chi connectivity index (χ2v) is 4.55. The summed E-state index contributed by atoms with van der Waals surface area (Å²) in [5.74, 6) is 0. The molecule has 6 heteroatoms. The van der Waals surface area contributed by atoms with Crippen LogP contribution in [0.3, 0.4) is 0 Å². The fraction of sp³-hybridized carbons (Fsp3) is 0.0667. The van der Waals surface area contributed by atoms with Gasteiger partial charge in [0.05, 0.1) is 5.39 Å². The van der Waals surface area contributed by atoms with Gasteiger partial charge in [0.25, 0.3) is 5.56 Å². The quantitative estimate of drug-likeness (QED) is 0.708. The number of nitrogens with one attached hydrogen (secondary N) is 2. The summed E-state index contributed by atoms with van der Waals surface area (Å²) < 4.78 is 5.32. The Hall–Kier alpha value is -3.20. The fourth-order valence-corrected chi connectivity index (χ4v) is 2.29. The van der Waals surface area contributed by atoms with E-state index in [0.717, 1.165) is 0 Å². The van der Waals surface area contributed by atoms with E-state index in [-0.39, 0.29) is 27.6 Å². The molecule has 3 heterocycles. The third kappa shape index (κ3) is 2.01. The van der Waals surface area contributed by atoms with E-state index in [9.17, 15) is 10.1 Å². The van der Waals surface area contributed by atoms with Crippen molar-refractivity contribution in [2.45, 2.75) is 6.92 Å². The van der Waals surface area contributed by atoms with Gasteiger partial charge in [0.2, 0.25) is 5.55 Å². The van der Waals surface area contributed by atoms with E-state index >= 15 is 0 Å². The number of hydrogen-bond acceptors (Lipinski definition) is 5. The Bertz CT molecular complexity index is 994. The summed E-state index contributed by atoms with van der Waals surface area (Å²) in [5.41, 5.74) is 1.37. The predicted octanol–water partition coefficient (Wildman–Crippen LogP) is 1.84. The van der Waals surface area contributed by atoms with Crippen LogP contribution in [0.1, 0.15) is 11.3 Å². The SMILES string of the molecule is Cc1cc2oc(=N)c(C#N)c(-c3ccncc3)c2c(=O)[nH]1. The number of aryl methyl sites for hydroxylation is 1. The molecular weight excluding hydrogens is 268 g/mol. The summed E-state index contributed by atoms with van der Waals surface area (Å²) in [6.45, 7) is 1.73. The monoisotopic (exact) mass is 278 g/mol. The van der Waals surface area contributed by atoms with Gasteiger partial charge in [0, 0.05) is 29.7 Å². The van der Waals surface area contributed by atoms with E-state index in [1.807, 2.05) is 6.07 Å². The minimum absolute atomic E-state index is 0.0306. The average molecular weight is 278 g/mol. The van der Waals surface area contributed by atoms with Gasteiger partial charge in [0.1, 0.15) is 17.2 Å². The summed E-state index contributed by atoms with van der Waals surface area (Å²) in [4.78, 5) is 18.9. The largest absolute Gasteiger partial charge is 0.437 e. The van der Waals surface area contributed by atoms with E-state index in [4.69, 9.17) is 9.83 Å². The normalized spacial score (nSPS) is 10.5. The number of rotatable bonds is 1. The van der Waals surface area contributed by atoms with Crippen molar-refractivity contribution < 1.29 is 4.42 Å². The van der Waals surface area contributed by atoms with Gasteiger partial charge < -0.3 is 9.40 Å². The van der Waals surface area contributed by atoms with Gasteiger partial charge in [-0.2, -0.15) is 5.26 Å². The molecule has 0 saturated carbocycles. The zero-order chi connectivity index (χ0) is 15.0. The highest BCUT2D eigenvalue weighted by molar-refractivity contribution is 5.95. The summed E-state index contributed by atoms with van der Waals surface area (Å²) in [5, 5.41) is 17.4. The molecule has 6 nitrogen and oxygen atoms in total. The summed E-state index contributed by atoms with van der Waals surface area (Å²) in [6, 6.07) is 6.96. The first-order valence-corrected chi connectivity index (χ1v) is 6.17. The number of hydrogen-bond donors (Lipinski definition) is 2. The second kappa shape index (κ2) is 4.72. The van der Waals surface area contributed by atoms with Gasteiger partial charge in [-0.1, -0.05) is 0 Å². The highest BCUT2D eigenvalue weighted by atomic mass is 16.3. The van der Waals surface area contributed by atoms with Crippen LogP contribution >= 0.6 is 0 Å². The van der Waals surface area contributed by atoms with E-state index < -0.39 is 0 Å². The molecule has 0 radical (unpaired) electrons. The summed E-state index contributed by atoms with van der Waals surface area (Å²) in [6.07, 6.45) is 3.14. The predicted molar refractivity (Wildman–Crippen MR) is 75.4 cm³/mol. The third-order valence-electron chi connectivity index (χ3n) is 3.15. The van der Waals surface area contributed by atoms with Gasteiger partial charge in [0.15, 0.2) is 0 Å². The van der Waals surface area contributed by atoms with Crippen LogP contribution in [0.2, 0.25) is 0 Å². The molecule has 102 valence electrons. The summed E-state index contributed by atoms with van der Waals surface area (Å²) in [7, 11) is 0. The van der Waals surface area contributed by atoms with Gasteiger partial charge in [-0.05, 0) is 24.6 Å². The van der Waals surface area contributed by atoms with Crippen LogP contribution in [0.15, 0.2) is 39.8 Å². The maximum absolute atomic E-state index is 12.3. The van der Waals surface area contributed by atoms with Crippen molar-refractivity contribution in [3.8, 4) is 17.2 Å². The van der Waals surface area contributed by atoms with E-state index in [2.05, 4.69) is 9.97 Å². The number of pyridine rings is 2. The molecule has 0 saturated heterocycles. The minimum Gasteiger partial charge on any atom is -0.437 e. The molecule has 21 heavy (non-hydrogen) atoms. The Morgan fingerprint density at radius 3 is 2.76 bits per heavy atom. The number of aromatic nitrogens is 2. The number of H-pyrrole nitrogens is 1. The molecule has 0 aliphatic heterocycles. The molecule has 3 aromatic heterocycles. The highest BCUT2D eigenvalue weighted by Gasteiger charge is 2.17. The first-order valence-electron chi connectivity index (χ1n) is 6.17. The smallest absolute Gasteiger partial charge is 0.259 e. The molecule has 0 unspecified atom stereocenters. The Morgan fingerprint density at radius 2 is 2.10 bits per heavy atom. The average Bonchev–Trinajstić information content (AvgIpc) is 2.46. The zero-order valence-corrected chi connectivity index (χ0v) is 11.1. The molecule has 0 bridgehead atoms. The molecule has 0 aliphatic carbocycles. The Labute approximate surface area is 118 Å². The molecule has 0 fully saturated rings. The highest BCUT2D eigenvalue weighted by Crippen LogP contribution is 2.27. The number of nitriles is 1. The van der Waals surface area contributed by atoms with Crippen LogP contribution in [-0.2, 0) is 0 Å². The molecule has 3 rings (SSSR count). The molecule has 3 aromatic rings. The first-order chi connectivity index (χ1) is 10.1. The van der Waals surface area contributed by atoms with Crippen LogP contribution in [0.5, 0.6) is 0 Å². The minimum atomic E-state index is -0.350. The lowest BCUT2D eigenvalue weighted by atomic mass is 9.99. The Kier molecular flexibility index (Phi) is 2.88. The third-order valence-corrected chi connectivity index (χ3v) is 3.15. The van der Waals surface area contributed by atoms with E-state index in [1.165, 1.54) is 0 Å². The number of aromatic amines is 1. The van der Waals surface area contributed by atoms with Crippen molar-refractivity contribution >= 4 is 11.0 Å². The van der Waals surface area contributed by atoms with Gasteiger partial charge in [-0.15, -0.1) is 0 Å². The molecule has 2 N–H and O–H groups in total. The molecule has 0 atom stereocenters. The van der Waals surface area contributed by atoms with Gasteiger partial charge in [-0.3, -0.25) is 15.2 Å². The van der Waals surface area contributed by atoms with Crippen molar-refractivity contribution in [1.29, 1.82) is 10.7 Å². The lowest BCUT2D eigenvalue weighted by Crippen LogP contribution is -2.14. The molecule has 0 spiro atoms. The summed E-state index contributed by atoms with van der Waals surface area (Å²) >= 11 is 0. The molecular formula is C15H10N4O2. The maximum Gasteiger partial charge on any atom is 0.259 e. The van der Waals surface area contributed by atoms with Crippen molar-refractivity contribution in [2.24, 2.45) is 0 Å². The van der Waals surface area contributed by atoms with E-state index in [0.29, 0.717) is 16.8 Å². The van der Waals surface area contributed by atoms with Crippen LogP contribution in [0.25, 0.3) is 22.1 Å². The number of fused-ring (bicyclic) bond motifs is 1. The zero-order valence-electron chi connectivity index (χ0n) is 11.1.